The van der Waals surface area contributed by atoms with Gasteiger partial charge in [-0.05, 0) is 95.0 Å². The Labute approximate surface area is 164 Å². The van der Waals surface area contributed by atoms with Gasteiger partial charge in [0.1, 0.15) is 0 Å². The standard InChI is InChI=1S/C27H30/c1-5-27(6-2)17-20(4)26-16-22(12-14-24(26)18-27)21-11-13-23(15-21)25-10-8-7-9-19(25)3/h7-14,16H,4-6,15,17-18H2,1-3H3. The van der Waals surface area contributed by atoms with Crippen LogP contribution in [0.15, 0.2) is 61.2 Å². The van der Waals surface area contributed by atoms with Gasteiger partial charge in [-0.15, -0.1) is 0 Å². The lowest BCUT2D eigenvalue weighted by Crippen LogP contribution is -2.26. The van der Waals surface area contributed by atoms with Gasteiger partial charge in [0, 0.05) is 0 Å². The number of hydrogen-bond donors (Lipinski definition) is 0. The molecule has 0 amide bonds. The first kappa shape index (κ1) is 18.0. The lowest BCUT2D eigenvalue weighted by molar-refractivity contribution is 0.261. The number of aryl methyl sites for hydroxylation is 1. The molecule has 0 spiro atoms. The van der Waals surface area contributed by atoms with Crippen LogP contribution in [0.2, 0.25) is 0 Å². The number of rotatable bonds is 4. The van der Waals surface area contributed by atoms with Crippen LogP contribution in [0.3, 0.4) is 0 Å². The highest BCUT2D eigenvalue weighted by Gasteiger charge is 2.33. The fourth-order valence-electron chi connectivity index (χ4n) is 4.86. The SMILES string of the molecule is C=C1CC(CC)(CC)Cc2ccc(C3=CC=C(c4ccccc4C)C3)cc21. The average Bonchev–Trinajstić information content (AvgIpc) is 3.18. The average molecular weight is 355 g/mol. The van der Waals surface area contributed by atoms with Crippen molar-refractivity contribution in [1.82, 2.24) is 0 Å². The number of hydrogen-bond acceptors (Lipinski definition) is 0. The first-order chi connectivity index (χ1) is 13.0. The summed E-state index contributed by atoms with van der Waals surface area (Å²) < 4.78 is 0. The van der Waals surface area contributed by atoms with Crippen LogP contribution in [0.25, 0.3) is 16.7 Å². The van der Waals surface area contributed by atoms with Gasteiger partial charge in [0.25, 0.3) is 0 Å². The summed E-state index contributed by atoms with van der Waals surface area (Å²) in [6, 6.07) is 15.8. The van der Waals surface area contributed by atoms with Crippen molar-refractivity contribution in [2.75, 3.05) is 0 Å². The van der Waals surface area contributed by atoms with Crippen molar-refractivity contribution in [3.05, 3.63) is 89.0 Å². The van der Waals surface area contributed by atoms with E-state index in [0.29, 0.717) is 5.41 Å². The third-order valence-corrected chi connectivity index (χ3v) is 6.87. The van der Waals surface area contributed by atoms with Gasteiger partial charge >= 0.3 is 0 Å². The van der Waals surface area contributed by atoms with E-state index in [0.717, 1.165) is 12.8 Å². The fraction of sp³-hybridized carbons (Fsp3) is 0.333. The molecule has 2 aromatic rings. The Kier molecular flexibility index (Phi) is 4.68. The van der Waals surface area contributed by atoms with Crippen molar-refractivity contribution < 1.29 is 0 Å². The molecule has 2 aliphatic rings. The topological polar surface area (TPSA) is 0 Å². The molecule has 0 radical (unpaired) electrons. The Balaban J connectivity index is 1.59. The second kappa shape index (κ2) is 7.00. The Morgan fingerprint density at radius 1 is 0.889 bits per heavy atom. The smallest absolute Gasteiger partial charge is 0.00138 e. The number of benzene rings is 2. The maximum atomic E-state index is 4.46. The molecule has 0 saturated carbocycles. The summed E-state index contributed by atoms with van der Waals surface area (Å²) in [4.78, 5) is 0. The van der Waals surface area contributed by atoms with Crippen LogP contribution in [-0.2, 0) is 6.42 Å². The summed E-state index contributed by atoms with van der Waals surface area (Å²) in [7, 11) is 0. The molecule has 0 atom stereocenters. The molecule has 27 heavy (non-hydrogen) atoms. The van der Waals surface area contributed by atoms with Crippen LogP contribution in [0, 0.1) is 12.3 Å². The van der Waals surface area contributed by atoms with E-state index in [1.807, 2.05) is 0 Å². The van der Waals surface area contributed by atoms with Gasteiger partial charge in [0.2, 0.25) is 0 Å². The van der Waals surface area contributed by atoms with Crippen molar-refractivity contribution in [3.63, 3.8) is 0 Å². The van der Waals surface area contributed by atoms with Crippen LogP contribution >= 0.6 is 0 Å². The van der Waals surface area contributed by atoms with Gasteiger partial charge in [0.15, 0.2) is 0 Å². The number of fused-ring (bicyclic) bond motifs is 1. The fourth-order valence-corrected chi connectivity index (χ4v) is 4.86. The molecule has 0 heterocycles. The minimum atomic E-state index is 0.414. The molecule has 2 aromatic carbocycles. The van der Waals surface area contributed by atoms with E-state index in [2.05, 4.69) is 82.0 Å². The highest BCUT2D eigenvalue weighted by molar-refractivity contribution is 5.88. The maximum Gasteiger partial charge on any atom is -0.00138 e. The highest BCUT2D eigenvalue weighted by Crippen LogP contribution is 2.46. The minimum Gasteiger partial charge on any atom is -0.0952 e. The maximum absolute atomic E-state index is 4.46. The first-order valence-corrected chi connectivity index (χ1v) is 10.3. The third-order valence-electron chi connectivity index (χ3n) is 6.87. The molecule has 0 aromatic heterocycles. The summed E-state index contributed by atoms with van der Waals surface area (Å²) in [5, 5.41) is 0. The molecular formula is C27H30. The zero-order valence-electron chi connectivity index (χ0n) is 16.9. The predicted molar refractivity (Wildman–Crippen MR) is 119 cm³/mol. The van der Waals surface area contributed by atoms with Crippen molar-refractivity contribution in [2.45, 2.75) is 52.9 Å². The highest BCUT2D eigenvalue weighted by atomic mass is 14.4. The van der Waals surface area contributed by atoms with E-state index in [1.165, 1.54) is 63.8 Å². The van der Waals surface area contributed by atoms with Crippen LogP contribution in [0.5, 0.6) is 0 Å². The summed E-state index contributed by atoms with van der Waals surface area (Å²) in [6.45, 7) is 11.3. The van der Waals surface area contributed by atoms with Gasteiger partial charge in [-0.2, -0.15) is 0 Å². The van der Waals surface area contributed by atoms with Gasteiger partial charge in [-0.25, -0.2) is 0 Å². The van der Waals surface area contributed by atoms with Crippen LogP contribution in [0.1, 0.15) is 67.3 Å². The molecule has 0 aliphatic heterocycles. The Hall–Kier alpha value is -2.34. The summed E-state index contributed by atoms with van der Waals surface area (Å²) >= 11 is 0. The second-order valence-corrected chi connectivity index (χ2v) is 8.41. The predicted octanol–water partition coefficient (Wildman–Crippen LogP) is 7.63. The van der Waals surface area contributed by atoms with E-state index in [-0.39, 0.29) is 0 Å². The van der Waals surface area contributed by atoms with Crippen molar-refractivity contribution in [3.8, 4) is 0 Å². The molecule has 0 saturated heterocycles. The third kappa shape index (κ3) is 3.23. The van der Waals surface area contributed by atoms with Gasteiger partial charge in [-0.1, -0.05) is 69.0 Å². The molecule has 2 aliphatic carbocycles. The molecule has 0 unspecified atom stereocenters. The van der Waals surface area contributed by atoms with Crippen LogP contribution in [-0.4, -0.2) is 0 Å². The van der Waals surface area contributed by atoms with Crippen LogP contribution < -0.4 is 0 Å². The molecule has 0 fully saturated rings. The molecule has 0 heteroatoms. The first-order valence-electron chi connectivity index (χ1n) is 10.3. The lowest BCUT2D eigenvalue weighted by Gasteiger charge is -2.38. The summed E-state index contributed by atoms with van der Waals surface area (Å²) in [6.07, 6.45) is 10.4. The molecule has 0 nitrogen and oxygen atoms in total. The molecule has 138 valence electrons. The largest absolute Gasteiger partial charge is 0.0952 e. The van der Waals surface area contributed by atoms with Crippen molar-refractivity contribution in [2.24, 2.45) is 5.41 Å². The van der Waals surface area contributed by atoms with E-state index in [4.69, 9.17) is 0 Å². The zero-order valence-corrected chi connectivity index (χ0v) is 16.9. The minimum absolute atomic E-state index is 0.414. The summed E-state index contributed by atoms with van der Waals surface area (Å²) in [5.74, 6) is 0. The monoisotopic (exact) mass is 354 g/mol. The Bertz CT molecular complexity index is 948. The van der Waals surface area contributed by atoms with Gasteiger partial charge < -0.3 is 0 Å². The van der Waals surface area contributed by atoms with E-state index in [1.54, 1.807) is 0 Å². The molecule has 0 bridgehead atoms. The lowest BCUT2D eigenvalue weighted by atomic mass is 9.66. The quantitative estimate of drug-likeness (QED) is 0.529. The second-order valence-electron chi connectivity index (χ2n) is 8.41. The van der Waals surface area contributed by atoms with Crippen molar-refractivity contribution in [1.29, 1.82) is 0 Å². The van der Waals surface area contributed by atoms with Crippen LogP contribution in [0.4, 0.5) is 0 Å². The molecule has 4 rings (SSSR count). The van der Waals surface area contributed by atoms with Gasteiger partial charge in [-0.3, -0.25) is 0 Å². The zero-order chi connectivity index (χ0) is 19.0. The normalized spacial score (nSPS) is 18.1. The summed E-state index contributed by atoms with van der Waals surface area (Å²) in [5.41, 5.74) is 11.6. The van der Waals surface area contributed by atoms with E-state index in [9.17, 15) is 0 Å². The van der Waals surface area contributed by atoms with E-state index < -0.39 is 0 Å². The van der Waals surface area contributed by atoms with Crippen molar-refractivity contribution >= 4 is 16.7 Å². The Morgan fingerprint density at radius 3 is 2.37 bits per heavy atom. The Morgan fingerprint density at radius 2 is 1.63 bits per heavy atom. The van der Waals surface area contributed by atoms with E-state index >= 15 is 0 Å². The number of allylic oxidation sites excluding steroid dienone is 5. The molecule has 0 N–H and O–H groups in total. The molecular weight excluding hydrogens is 324 g/mol. The van der Waals surface area contributed by atoms with Gasteiger partial charge in [0.05, 0.1) is 0 Å².